The summed E-state index contributed by atoms with van der Waals surface area (Å²) >= 11 is 0. The van der Waals surface area contributed by atoms with Crippen molar-refractivity contribution in [3.8, 4) is 0 Å². The van der Waals surface area contributed by atoms with Crippen LogP contribution < -0.4 is 10.6 Å². The van der Waals surface area contributed by atoms with Crippen molar-refractivity contribution in [2.45, 2.75) is 45.1 Å². The van der Waals surface area contributed by atoms with Crippen molar-refractivity contribution in [2.75, 3.05) is 18.5 Å². The number of aryl methyl sites for hydroxylation is 1. The van der Waals surface area contributed by atoms with E-state index in [1.165, 1.54) is 43.4 Å². The van der Waals surface area contributed by atoms with E-state index in [2.05, 4.69) is 43.1 Å². The van der Waals surface area contributed by atoms with Gasteiger partial charge >= 0.3 is 0 Å². The zero-order valence-corrected chi connectivity index (χ0v) is 11.7. The van der Waals surface area contributed by atoms with Gasteiger partial charge in [0, 0.05) is 25.3 Å². The van der Waals surface area contributed by atoms with Gasteiger partial charge in [-0.25, -0.2) is 0 Å². The molecule has 2 nitrogen and oxygen atoms in total. The summed E-state index contributed by atoms with van der Waals surface area (Å²) in [4.78, 5) is 2.36. The van der Waals surface area contributed by atoms with Crippen LogP contribution in [0.15, 0.2) is 24.3 Å². The molecule has 1 aromatic carbocycles. The standard InChI is InChI=1S/C16H26N2/c1-13-8-10-15(11-9-13)18(2)12-14-6-4-3-5-7-16(14)17/h8-11,14,16H,3-7,12,17H2,1-2H3. The van der Waals surface area contributed by atoms with Crippen LogP contribution in [0.5, 0.6) is 0 Å². The molecule has 1 aliphatic carbocycles. The predicted octanol–water partition coefficient (Wildman–Crippen LogP) is 3.34. The smallest absolute Gasteiger partial charge is 0.0363 e. The van der Waals surface area contributed by atoms with Crippen molar-refractivity contribution in [3.63, 3.8) is 0 Å². The Labute approximate surface area is 111 Å². The number of hydrogen-bond donors (Lipinski definition) is 1. The first-order valence-electron chi connectivity index (χ1n) is 7.20. The maximum absolute atomic E-state index is 6.30. The van der Waals surface area contributed by atoms with Gasteiger partial charge in [0.25, 0.3) is 0 Å². The van der Waals surface area contributed by atoms with Gasteiger partial charge < -0.3 is 10.6 Å². The Morgan fingerprint density at radius 3 is 2.50 bits per heavy atom. The monoisotopic (exact) mass is 246 g/mol. The maximum Gasteiger partial charge on any atom is 0.0363 e. The maximum atomic E-state index is 6.30. The second kappa shape index (κ2) is 6.24. The molecule has 2 N–H and O–H groups in total. The fourth-order valence-corrected chi connectivity index (χ4v) is 2.90. The molecule has 2 rings (SSSR count). The Balaban J connectivity index is 1.97. The minimum absolute atomic E-state index is 0.389. The van der Waals surface area contributed by atoms with Crippen molar-refractivity contribution in [2.24, 2.45) is 11.7 Å². The topological polar surface area (TPSA) is 29.3 Å². The summed E-state index contributed by atoms with van der Waals surface area (Å²) in [6.07, 6.45) is 6.51. The minimum atomic E-state index is 0.389. The van der Waals surface area contributed by atoms with E-state index in [-0.39, 0.29) is 0 Å². The molecule has 2 unspecified atom stereocenters. The van der Waals surface area contributed by atoms with E-state index < -0.39 is 0 Å². The van der Waals surface area contributed by atoms with Crippen LogP contribution in [-0.2, 0) is 0 Å². The number of rotatable bonds is 3. The minimum Gasteiger partial charge on any atom is -0.374 e. The van der Waals surface area contributed by atoms with Gasteiger partial charge in [-0.2, -0.15) is 0 Å². The third-order valence-corrected chi connectivity index (χ3v) is 4.20. The first kappa shape index (κ1) is 13.4. The lowest BCUT2D eigenvalue weighted by atomic mass is 9.95. The van der Waals surface area contributed by atoms with Crippen molar-refractivity contribution >= 4 is 5.69 Å². The summed E-state index contributed by atoms with van der Waals surface area (Å²) in [6.45, 7) is 3.22. The zero-order chi connectivity index (χ0) is 13.0. The summed E-state index contributed by atoms with van der Waals surface area (Å²) in [5, 5.41) is 0. The second-order valence-corrected chi connectivity index (χ2v) is 5.78. The van der Waals surface area contributed by atoms with E-state index in [0.29, 0.717) is 12.0 Å². The zero-order valence-electron chi connectivity index (χ0n) is 11.7. The van der Waals surface area contributed by atoms with E-state index in [4.69, 9.17) is 5.73 Å². The van der Waals surface area contributed by atoms with Gasteiger partial charge in [-0.3, -0.25) is 0 Å². The second-order valence-electron chi connectivity index (χ2n) is 5.78. The molecule has 18 heavy (non-hydrogen) atoms. The Hall–Kier alpha value is -1.02. The Morgan fingerprint density at radius 1 is 1.11 bits per heavy atom. The molecule has 1 fully saturated rings. The summed E-state index contributed by atoms with van der Waals surface area (Å²) in [7, 11) is 2.18. The molecular formula is C16H26N2. The van der Waals surface area contributed by atoms with Gasteiger partial charge in [0.1, 0.15) is 0 Å². The van der Waals surface area contributed by atoms with Crippen molar-refractivity contribution in [3.05, 3.63) is 29.8 Å². The number of hydrogen-bond acceptors (Lipinski definition) is 2. The predicted molar refractivity (Wildman–Crippen MR) is 79.0 cm³/mol. The van der Waals surface area contributed by atoms with Gasteiger partial charge in [-0.05, 0) is 37.8 Å². The number of nitrogens with two attached hydrogens (primary N) is 1. The highest BCUT2D eigenvalue weighted by atomic mass is 15.1. The molecule has 1 saturated carbocycles. The third-order valence-electron chi connectivity index (χ3n) is 4.20. The number of nitrogens with zero attached hydrogens (tertiary/aromatic N) is 1. The SMILES string of the molecule is Cc1ccc(N(C)CC2CCCCCC2N)cc1. The van der Waals surface area contributed by atoms with Gasteiger partial charge in [-0.15, -0.1) is 0 Å². The van der Waals surface area contributed by atoms with Crippen LogP contribution in [0.1, 0.15) is 37.7 Å². The molecule has 2 atom stereocenters. The average Bonchev–Trinajstić information content (AvgIpc) is 2.56. The summed E-state index contributed by atoms with van der Waals surface area (Å²) in [5.74, 6) is 0.652. The molecule has 100 valence electrons. The Morgan fingerprint density at radius 2 is 1.78 bits per heavy atom. The lowest BCUT2D eigenvalue weighted by molar-refractivity contribution is 0.401. The molecule has 0 aliphatic heterocycles. The van der Waals surface area contributed by atoms with Crippen LogP contribution >= 0.6 is 0 Å². The average molecular weight is 246 g/mol. The van der Waals surface area contributed by atoms with Crippen LogP contribution in [0.4, 0.5) is 5.69 Å². The van der Waals surface area contributed by atoms with Crippen molar-refractivity contribution < 1.29 is 0 Å². The lowest BCUT2D eigenvalue weighted by Crippen LogP contribution is -2.37. The van der Waals surface area contributed by atoms with Gasteiger partial charge in [0.05, 0.1) is 0 Å². The lowest BCUT2D eigenvalue weighted by Gasteiger charge is -2.28. The fourth-order valence-electron chi connectivity index (χ4n) is 2.90. The van der Waals surface area contributed by atoms with Crippen LogP contribution in [0, 0.1) is 12.8 Å². The van der Waals surface area contributed by atoms with Crippen LogP contribution in [0.3, 0.4) is 0 Å². The molecule has 0 bridgehead atoms. The van der Waals surface area contributed by atoms with E-state index in [1.807, 2.05) is 0 Å². The molecular weight excluding hydrogens is 220 g/mol. The van der Waals surface area contributed by atoms with E-state index >= 15 is 0 Å². The molecule has 0 amide bonds. The Bertz CT molecular complexity index is 358. The molecule has 0 radical (unpaired) electrons. The summed E-state index contributed by atoms with van der Waals surface area (Å²) < 4.78 is 0. The van der Waals surface area contributed by atoms with E-state index in [9.17, 15) is 0 Å². The molecule has 1 aliphatic rings. The summed E-state index contributed by atoms with van der Waals surface area (Å²) in [5.41, 5.74) is 8.92. The van der Waals surface area contributed by atoms with E-state index in [0.717, 1.165) is 6.54 Å². The number of anilines is 1. The van der Waals surface area contributed by atoms with Gasteiger partial charge in [-0.1, -0.05) is 37.0 Å². The van der Waals surface area contributed by atoms with Crippen molar-refractivity contribution in [1.29, 1.82) is 0 Å². The van der Waals surface area contributed by atoms with Crippen molar-refractivity contribution in [1.82, 2.24) is 0 Å². The molecule has 0 saturated heterocycles. The third kappa shape index (κ3) is 3.49. The molecule has 2 heteroatoms. The van der Waals surface area contributed by atoms with Crippen LogP contribution in [0.2, 0.25) is 0 Å². The highest BCUT2D eigenvalue weighted by Crippen LogP contribution is 2.24. The molecule has 0 spiro atoms. The number of benzene rings is 1. The highest BCUT2D eigenvalue weighted by Gasteiger charge is 2.21. The van der Waals surface area contributed by atoms with Gasteiger partial charge in [0.15, 0.2) is 0 Å². The molecule has 1 aromatic rings. The normalized spacial score (nSPS) is 24.6. The molecule has 0 aromatic heterocycles. The van der Waals surface area contributed by atoms with Crippen LogP contribution in [0.25, 0.3) is 0 Å². The van der Waals surface area contributed by atoms with Gasteiger partial charge in [0.2, 0.25) is 0 Å². The Kier molecular flexibility index (Phi) is 4.65. The van der Waals surface area contributed by atoms with Crippen LogP contribution in [-0.4, -0.2) is 19.6 Å². The summed E-state index contributed by atoms with van der Waals surface area (Å²) in [6, 6.07) is 9.16. The fraction of sp³-hybridized carbons (Fsp3) is 0.625. The largest absolute Gasteiger partial charge is 0.374 e. The highest BCUT2D eigenvalue weighted by molar-refractivity contribution is 5.46. The molecule has 0 heterocycles. The first-order valence-corrected chi connectivity index (χ1v) is 7.20. The van der Waals surface area contributed by atoms with E-state index in [1.54, 1.807) is 0 Å². The first-order chi connectivity index (χ1) is 8.66. The quantitative estimate of drug-likeness (QED) is 0.829.